The van der Waals surface area contributed by atoms with Crippen LogP contribution in [0.4, 0.5) is 0 Å². The lowest BCUT2D eigenvalue weighted by Gasteiger charge is -2.30. The lowest BCUT2D eigenvalue weighted by atomic mass is 10.0. The molecule has 0 unspecified atom stereocenters. The van der Waals surface area contributed by atoms with E-state index in [1.165, 1.54) is 10.4 Å². The van der Waals surface area contributed by atoms with Gasteiger partial charge in [0.25, 0.3) is 0 Å². The van der Waals surface area contributed by atoms with E-state index in [9.17, 15) is 13.2 Å². The van der Waals surface area contributed by atoms with E-state index in [1.807, 2.05) is 6.07 Å². The van der Waals surface area contributed by atoms with Crippen molar-refractivity contribution in [3.8, 4) is 6.07 Å². The first-order valence-electron chi connectivity index (χ1n) is 6.60. The average molecular weight is 308 g/mol. The van der Waals surface area contributed by atoms with Crippen LogP contribution in [0.3, 0.4) is 0 Å². The molecule has 1 fully saturated rings. The Morgan fingerprint density at radius 1 is 1.48 bits per heavy atom. The molecule has 0 amide bonds. The minimum atomic E-state index is -3.77. The van der Waals surface area contributed by atoms with Gasteiger partial charge in [0.15, 0.2) is 0 Å². The fraction of sp³-hybridized carbons (Fsp3) is 0.429. The molecule has 2 rings (SSSR count). The van der Waals surface area contributed by atoms with E-state index in [-0.39, 0.29) is 17.0 Å². The highest BCUT2D eigenvalue weighted by Crippen LogP contribution is 2.26. The summed E-state index contributed by atoms with van der Waals surface area (Å²) in [5.41, 5.74) is 0.817. The summed E-state index contributed by atoms with van der Waals surface area (Å²) in [4.78, 5) is 11.1. The molecule has 1 aliphatic rings. The fourth-order valence-corrected chi connectivity index (χ4v) is 4.22. The Balaban J connectivity index is 2.38. The van der Waals surface area contributed by atoms with Gasteiger partial charge in [-0.25, -0.2) is 8.42 Å². The molecule has 1 heterocycles. The van der Waals surface area contributed by atoms with Crippen molar-refractivity contribution < 1.29 is 18.3 Å². The molecule has 0 radical (unpaired) electrons. The van der Waals surface area contributed by atoms with Gasteiger partial charge in [0.1, 0.15) is 0 Å². The largest absolute Gasteiger partial charge is 0.481 e. The van der Waals surface area contributed by atoms with Crippen LogP contribution in [0.5, 0.6) is 0 Å². The number of benzene rings is 1. The molecule has 1 N–H and O–H groups in total. The van der Waals surface area contributed by atoms with E-state index in [0.717, 1.165) is 0 Å². The maximum Gasteiger partial charge on any atom is 0.307 e. The van der Waals surface area contributed by atoms with Gasteiger partial charge < -0.3 is 5.11 Å². The van der Waals surface area contributed by atoms with Crippen LogP contribution in [0.1, 0.15) is 24.0 Å². The molecule has 1 saturated heterocycles. The Hall–Kier alpha value is -1.91. The van der Waals surface area contributed by atoms with E-state index >= 15 is 0 Å². The van der Waals surface area contributed by atoms with Crippen LogP contribution >= 0.6 is 0 Å². The van der Waals surface area contributed by atoms with E-state index in [2.05, 4.69) is 0 Å². The van der Waals surface area contributed by atoms with E-state index in [0.29, 0.717) is 24.9 Å². The van der Waals surface area contributed by atoms with Crippen molar-refractivity contribution in [3.63, 3.8) is 0 Å². The number of carboxylic acid groups (broad SMARTS) is 1. The number of nitriles is 1. The monoisotopic (exact) mass is 308 g/mol. The molecule has 1 aliphatic heterocycles. The first kappa shape index (κ1) is 15.5. The second kappa shape index (κ2) is 5.84. The topological polar surface area (TPSA) is 98.5 Å². The Labute approximate surface area is 123 Å². The minimum Gasteiger partial charge on any atom is -0.481 e. The molecule has 0 spiro atoms. The zero-order valence-electron chi connectivity index (χ0n) is 11.6. The molecule has 1 aromatic rings. The second-order valence-electron chi connectivity index (χ2n) is 5.13. The normalized spacial score (nSPS) is 19.9. The summed E-state index contributed by atoms with van der Waals surface area (Å²) in [6.07, 6.45) is 1.01. The van der Waals surface area contributed by atoms with Gasteiger partial charge in [0.05, 0.1) is 22.4 Å². The van der Waals surface area contributed by atoms with Crippen molar-refractivity contribution in [2.45, 2.75) is 24.7 Å². The molecule has 0 aromatic heterocycles. The standard InChI is InChI=1S/C14H16N2O4S/c1-10-4-5-11(8-15)7-13(10)21(19,20)16-6-2-3-12(9-16)14(17)18/h4-5,7,12H,2-3,6,9H2,1H3,(H,17,18)/t12-/m1/s1. The van der Waals surface area contributed by atoms with Crippen molar-refractivity contribution in [3.05, 3.63) is 29.3 Å². The number of rotatable bonds is 3. The third kappa shape index (κ3) is 3.06. The molecule has 112 valence electrons. The lowest BCUT2D eigenvalue weighted by molar-refractivity contribution is -0.142. The van der Waals surface area contributed by atoms with Gasteiger partial charge in [-0.05, 0) is 37.5 Å². The van der Waals surface area contributed by atoms with Crippen molar-refractivity contribution in [2.24, 2.45) is 5.92 Å². The van der Waals surface area contributed by atoms with Crippen LogP contribution in [0.25, 0.3) is 0 Å². The number of aryl methyl sites for hydroxylation is 1. The van der Waals surface area contributed by atoms with Crippen molar-refractivity contribution in [1.29, 1.82) is 5.26 Å². The SMILES string of the molecule is Cc1ccc(C#N)cc1S(=O)(=O)N1CCC[C@@H](C(=O)O)C1. The van der Waals surface area contributed by atoms with Crippen LogP contribution in [0, 0.1) is 24.2 Å². The van der Waals surface area contributed by atoms with Gasteiger partial charge in [0.2, 0.25) is 10.0 Å². The maximum absolute atomic E-state index is 12.7. The minimum absolute atomic E-state index is 0.0200. The Bertz CT molecular complexity index is 706. The number of carboxylic acids is 1. The van der Waals surface area contributed by atoms with Gasteiger partial charge in [-0.1, -0.05) is 6.07 Å². The highest BCUT2D eigenvalue weighted by Gasteiger charge is 2.34. The van der Waals surface area contributed by atoms with Crippen LogP contribution < -0.4 is 0 Å². The van der Waals surface area contributed by atoms with E-state index in [4.69, 9.17) is 10.4 Å². The predicted octanol–water partition coefficient (Wildman–Crippen LogP) is 1.35. The van der Waals surface area contributed by atoms with Crippen LogP contribution in [0.15, 0.2) is 23.1 Å². The molecule has 21 heavy (non-hydrogen) atoms. The number of hydrogen-bond acceptors (Lipinski definition) is 4. The summed E-state index contributed by atoms with van der Waals surface area (Å²) >= 11 is 0. The predicted molar refractivity (Wildman–Crippen MR) is 75.0 cm³/mol. The van der Waals surface area contributed by atoms with Crippen LogP contribution in [0.2, 0.25) is 0 Å². The van der Waals surface area contributed by atoms with Gasteiger partial charge >= 0.3 is 5.97 Å². The molecule has 0 aliphatic carbocycles. The van der Waals surface area contributed by atoms with Crippen molar-refractivity contribution in [2.75, 3.05) is 13.1 Å². The second-order valence-corrected chi connectivity index (χ2v) is 7.04. The molecule has 0 saturated carbocycles. The van der Waals surface area contributed by atoms with Crippen molar-refractivity contribution in [1.82, 2.24) is 4.31 Å². The van der Waals surface area contributed by atoms with Crippen LogP contribution in [-0.4, -0.2) is 36.9 Å². The highest BCUT2D eigenvalue weighted by molar-refractivity contribution is 7.89. The number of piperidine rings is 1. The molecule has 1 atom stereocenters. The fourth-order valence-electron chi connectivity index (χ4n) is 2.45. The number of aliphatic carboxylic acids is 1. The van der Waals surface area contributed by atoms with Gasteiger partial charge in [0, 0.05) is 13.1 Å². The highest BCUT2D eigenvalue weighted by atomic mass is 32.2. The van der Waals surface area contributed by atoms with Crippen molar-refractivity contribution >= 4 is 16.0 Å². The number of carbonyl (C=O) groups is 1. The first-order valence-corrected chi connectivity index (χ1v) is 8.04. The number of hydrogen-bond donors (Lipinski definition) is 1. The molecule has 6 nitrogen and oxygen atoms in total. The maximum atomic E-state index is 12.7. The molecular formula is C14H16N2O4S. The van der Waals surface area contributed by atoms with Gasteiger partial charge in [-0.15, -0.1) is 0 Å². The number of nitrogens with zero attached hydrogens (tertiary/aromatic N) is 2. The zero-order chi connectivity index (χ0) is 15.6. The van der Waals surface area contributed by atoms with Gasteiger partial charge in [-0.2, -0.15) is 9.57 Å². The summed E-state index contributed by atoms with van der Waals surface area (Å²) in [7, 11) is -3.77. The Morgan fingerprint density at radius 3 is 2.81 bits per heavy atom. The van der Waals surface area contributed by atoms with E-state index < -0.39 is 21.9 Å². The first-order chi connectivity index (χ1) is 9.86. The molecule has 7 heteroatoms. The average Bonchev–Trinajstić information content (AvgIpc) is 2.47. The third-order valence-electron chi connectivity index (χ3n) is 3.67. The Morgan fingerprint density at radius 2 is 2.19 bits per heavy atom. The zero-order valence-corrected chi connectivity index (χ0v) is 12.4. The molecule has 0 bridgehead atoms. The quantitative estimate of drug-likeness (QED) is 0.908. The summed E-state index contributed by atoms with van der Waals surface area (Å²) < 4.78 is 26.5. The third-order valence-corrected chi connectivity index (χ3v) is 5.68. The summed E-state index contributed by atoms with van der Waals surface area (Å²) in [6, 6.07) is 6.41. The summed E-state index contributed by atoms with van der Waals surface area (Å²) in [5.74, 6) is -1.65. The van der Waals surface area contributed by atoms with Gasteiger partial charge in [-0.3, -0.25) is 4.79 Å². The molecule has 1 aromatic carbocycles. The lowest BCUT2D eigenvalue weighted by Crippen LogP contribution is -2.42. The smallest absolute Gasteiger partial charge is 0.307 e. The molecular weight excluding hydrogens is 292 g/mol. The Kier molecular flexibility index (Phi) is 4.30. The van der Waals surface area contributed by atoms with Crippen LogP contribution in [-0.2, 0) is 14.8 Å². The summed E-state index contributed by atoms with van der Waals surface area (Å²) in [5, 5.41) is 18.0. The van der Waals surface area contributed by atoms with E-state index in [1.54, 1.807) is 19.1 Å². The summed E-state index contributed by atoms with van der Waals surface area (Å²) in [6.45, 7) is 1.95. The number of sulfonamides is 1.